The Labute approximate surface area is 129 Å². The van der Waals surface area contributed by atoms with Crippen molar-refractivity contribution in [2.75, 3.05) is 18.0 Å². The van der Waals surface area contributed by atoms with Crippen LogP contribution in [0, 0.1) is 0 Å². The van der Waals surface area contributed by atoms with Gasteiger partial charge in [0, 0.05) is 18.7 Å². The quantitative estimate of drug-likeness (QED) is 0.935. The molecule has 5 heteroatoms. The Morgan fingerprint density at radius 2 is 1.91 bits per heavy atom. The van der Waals surface area contributed by atoms with Gasteiger partial charge in [-0.05, 0) is 31.0 Å². The molecule has 0 unspecified atom stereocenters. The third-order valence-corrected chi connectivity index (χ3v) is 4.19. The van der Waals surface area contributed by atoms with E-state index in [2.05, 4.69) is 14.9 Å². The van der Waals surface area contributed by atoms with Gasteiger partial charge in [0.2, 0.25) is 0 Å². The van der Waals surface area contributed by atoms with Crippen LogP contribution < -0.4 is 9.64 Å². The van der Waals surface area contributed by atoms with Gasteiger partial charge < -0.3 is 14.7 Å². The Morgan fingerprint density at radius 1 is 1.09 bits per heavy atom. The van der Waals surface area contributed by atoms with E-state index in [-0.39, 0.29) is 6.10 Å². The molecule has 0 spiro atoms. The highest BCUT2D eigenvalue weighted by molar-refractivity contribution is 5.41. The Morgan fingerprint density at radius 3 is 2.68 bits per heavy atom. The molecule has 1 aromatic carbocycles. The summed E-state index contributed by atoms with van der Waals surface area (Å²) in [5.74, 6) is 3.13. The zero-order chi connectivity index (χ0) is 14.9. The summed E-state index contributed by atoms with van der Waals surface area (Å²) in [4.78, 5) is 11.1. The molecule has 114 valence electrons. The summed E-state index contributed by atoms with van der Waals surface area (Å²) in [5, 5.41) is 10.3. The summed E-state index contributed by atoms with van der Waals surface area (Å²) >= 11 is 0. The predicted octanol–water partition coefficient (Wildman–Crippen LogP) is 1.98. The highest BCUT2D eigenvalue weighted by atomic mass is 16.5. The van der Waals surface area contributed by atoms with Crippen LogP contribution in [-0.2, 0) is 0 Å². The van der Waals surface area contributed by atoms with Crippen LogP contribution in [0.2, 0.25) is 0 Å². The number of benzene rings is 1. The summed E-state index contributed by atoms with van der Waals surface area (Å²) in [6.07, 6.45) is 3.44. The fraction of sp³-hybridized carbons (Fsp3) is 0.412. The lowest BCUT2D eigenvalue weighted by molar-refractivity contribution is 0.0738. The number of anilines is 1. The minimum atomic E-state index is -0.514. The molecule has 2 aliphatic rings. The molecule has 2 aromatic rings. The van der Waals surface area contributed by atoms with Gasteiger partial charge in [0.05, 0.1) is 6.54 Å². The van der Waals surface area contributed by atoms with E-state index in [0.717, 1.165) is 17.4 Å². The molecule has 2 fully saturated rings. The highest BCUT2D eigenvalue weighted by Gasteiger charge is 2.34. The molecular weight excluding hydrogens is 278 g/mol. The van der Waals surface area contributed by atoms with Crippen molar-refractivity contribution in [3.05, 3.63) is 48.4 Å². The zero-order valence-electron chi connectivity index (χ0n) is 12.3. The minimum Gasteiger partial charge on any atom is -0.486 e. The van der Waals surface area contributed by atoms with E-state index in [4.69, 9.17) is 4.74 Å². The molecule has 1 N–H and O–H groups in total. The molecule has 5 nitrogen and oxygen atoms in total. The zero-order valence-corrected chi connectivity index (χ0v) is 12.3. The van der Waals surface area contributed by atoms with Crippen LogP contribution in [0.4, 0.5) is 5.82 Å². The van der Waals surface area contributed by atoms with Gasteiger partial charge in [-0.2, -0.15) is 0 Å². The van der Waals surface area contributed by atoms with Crippen LogP contribution >= 0.6 is 0 Å². The summed E-state index contributed by atoms with van der Waals surface area (Å²) in [6.45, 7) is 1.18. The summed E-state index contributed by atoms with van der Waals surface area (Å²) in [6, 6.07) is 11.5. The van der Waals surface area contributed by atoms with Gasteiger partial charge in [-0.1, -0.05) is 18.2 Å². The molecule has 0 bridgehead atoms. The van der Waals surface area contributed by atoms with Crippen molar-refractivity contribution in [1.29, 1.82) is 0 Å². The van der Waals surface area contributed by atoms with Gasteiger partial charge in [-0.15, -0.1) is 0 Å². The fourth-order valence-corrected chi connectivity index (χ4v) is 2.81. The number of aliphatic hydroxyl groups is 1. The third-order valence-electron chi connectivity index (χ3n) is 4.19. The lowest BCUT2D eigenvalue weighted by Crippen LogP contribution is -2.29. The Bertz CT molecular complexity index is 645. The second-order valence-corrected chi connectivity index (χ2v) is 5.99. The molecule has 1 aliphatic heterocycles. The van der Waals surface area contributed by atoms with Crippen LogP contribution in [0.25, 0.3) is 0 Å². The number of aliphatic hydroxyl groups excluding tert-OH is 1. The normalized spacial score (nSPS) is 24.5. The molecule has 1 saturated heterocycles. The van der Waals surface area contributed by atoms with Gasteiger partial charge in [0.15, 0.2) is 0 Å². The van der Waals surface area contributed by atoms with E-state index in [0.29, 0.717) is 19.0 Å². The van der Waals surface area contributed by atoms with Crippen LogP contribution in [-0.4, -0.2) is 40.4 Å². The van der Waals surface area contributed by atoms with E-state index < -0.39 is 6.10 Å². The maximum atomic E-state index is 10.3. The predicted molar refractivity (Wildman–Crippen MR) is 83.1 cm³/mol. The molecule has 0 amide bonds. The first-order valence-electron chi connectivity index (χ1n) is 7.77. The Balaban J connectivity index is 1.47. The average molecular weight is 297 g/mol. The first-order chi connectivity index (χ1) is 10.8. The summed E-state index contributed by atoms with van der Waals surface area (Å²) in [7, 11) is 0. The Hall–Kier alpha value is -2.14. The second-order valence-electron chi connectivity index (χ2n) is 5.99. The van der Waals surface area contributed by atoms with Crippen molar-refractivity contribution >= 4 is 5.82 Å². The second kappa shape index (κ2) is 5.57. The maximum absolute atomic E-state index is 10.3. The molecule has 2 atom stereocenters. The largest absolute Gasteiger partial charge is 0.486 e. The highest BCUT2D eigenvalue weighted by Crippen LogP contribution is 2.38. The number of nitrogens with zero attached hydrogens (tertiary/aromatic N) is 3. The monoisotopic (exact) mass is 297 g/mol. The number of β-amino-alcohol motifs (C(OH)–C–C–N with tert-alkyl or cyclic N) is 1. The smallest absolute Gasteiger partial charge is 0.144 e. The van der Waals surface area contributed by atoms with Crippen LogP contribution in [0.5, 0.6) is 5.75 Å². The van der Waals surface area contributed by atoms with E-state index in [9.17, 15) is 5.11 Å². The van der Waals surface area contributed by atoms with Crippen molar-refractivity contribution in [2.24, 2.45) is 0 Å². The van der Waals surface area contributed by atoms with E-state index >= 15 is 0 Å². The minimum absolute atomic E-state index is 0.234. The molecule has 0 radical (unpaired) electrons. The van der Waals surface area contributed by atoms with Crippen molar-refractivity contribution < 1.29 is 9.84 Å². The van der Waals surface area contributed by atoms with Crippen molar-refractivity contribution in [3.8, 4) is 5.75 Å². The molecule has 1 aromatic heterocycles. The van der Waals surface area contributed by atoms with Crippen LogP contribution in [0.15, 0.2) is 42.6 Å². The summed E-state index contributed by atoms with van der Waals surface area (Å²) < 4.78 is 5.89. The van der Waals surface area contributed by atoms with Crippen molar-refractivity contribution in [2.45, 2.75) is 31.0 Å². The third kappa shape index (κ3) is 2.76. The number of aromatic nitrogens is 2. The van der Waals surface area contributed by atoms with E-state index in [1.807, 2.05) is 42.6 Å². The molecule has 2 heterocycles. The van der Waals surface area contributed by atoms with Crippen molar-refractivity contribution in [3.63, 3.8) is 0 Å². The first kappa shape index (κ1) is 13.5. The van der Waals surface area contributed by atoms with Gasteiger partial charge in [-0.25, -0.2) is 9.97 Å². The number of rotatable bonds is 4. The fourth-order valence-electron chi connectivity index (χ4n) is 2.81. The van der Waals surface area contributed by atoms with Gasteiger partial charge in [0.25, 0.3) is 0 Å². The lowest BCUT2D eigenvalue weighted by Gasteiger charge is -2.18. The topological polar surface area (TPSA) is 58.5 Å². The number of hydrogen-bond donors (Lipinski definition) is 1. The average Bonchev–Trinajstić information content (AvgIpc) is 3.34. The first-order valence-corrected chi connectivity index (χ1v) is 7.77. The molecule has 1 aliphatic carbocycles. The standard InChI is InChI=1S/C17H19N3O2/c21-14-10-20(11-15(14)22-13-4-2-1-3-5-13)16-8-9-18-17(19-16)12-6-7-12/h1-5,8-9,12,14-15,21H,6-7,10-11H2/t14-,15-/m1/s1. The Kier molecular flexibility index (Phi) is 3.42. The van der Waals surface area contributed by atoms with Gasteiger partial charge in [-0.3, -0.25) is 0 Å². The summed E-state index contributed by atoms with van der Waals surface area (Å²) in [5.41, 5.74) is 0. The van der Waals surface area contributed by atoms with Gasteiger partial charge in [0.1, 0.15) is 29.6 Å². The van der Waals surface area contributed by atoms with Gasteiger partial charge >= 0.3 is 0 Å². The molecule has 22 heavy (non-hydrogen) atoms. The number of para-hydroxylation sites is 1. The van der Waals surface area contributed by atoms with Crippen molar-refractivity contribution in [1.82, 2.24) is 9.97 Å². The SMILES string of the molecule is O[C@@H]1CN(c2ccnc(C3CC3)n2)C[C@H]1Oc1ccccc1. The van der Waals surface area contributed by atoms with Crippen LogP contribution in [0.1, 0.15) is 24.6 Å². The number of hydrogen-bond acceptors (Lipinski definition) is 5. The number of ether oxygens (including phenoxy) is 1. The van der Waals surface area contributed by atoms with E-state index in [1.54, 1.807) is 0 Å². The van der Waals surface area contributed by atoms with Crippen LogP contribution in [0.3, 0.4) is 0 Å². The molecule has 4 rings (SSSR count). The molecular formula is C17H19N3O2. The van der Waals surface area contributed by atoms with E-state index in [1.165, 1.54) is 12.8 Å². The maximum Gasteiger partial charge on any atom is 0.144 e. The molecule has 1 saturated carbocycles. The lowest BCUT2D eigenvalue weighted by atomic mass is 10.2.